The lowest BCUT2D eigenvalue weighted by atomic mass is 9.78. The van der Waals surface area contributed by atoms with E-state index >= 15 is 0 Å². The van der Waals surface area contributed by atoms with Crippen molar-refractivity contribution >= 4 is 11.8 Å². The van der Waals surface area contributed by atoms with E-state index in [4.69, 9.17) is 9.97 Å². The van der Waals surface area contributed by atoms with E-state index in [1.54, 1.807) is 6.20 Å². The highest BCUT2D eigenvalue weighted by atomic mass is 19.1. The van der Waals surface area contributed by atoms with Crippen LogP contribution in [0.4, 0.5) is 10.2 Å². The van der Waals surface area contributed by atoms with Crippen LogP contribution in [0.5, 0.6) is 0 Å². The van der Waals surface area contributed by atoms with Gasteiger partial charge in [-0.05, 0) is 94.1 Å². The summed E-state index contributed by atoms with van der Waals surface area (Å²) in [6, 6.07) is 11.0. The van der Waals surface area contributed by atoms with Crippen LogP contribution < -0.4 is 10.6 Å². The van der Waals surface area contributed by atoms with E-state index in [1.807, 2.05) is 6.20 Å². The molecular formula is C37H52FN7O2. The van der Waals surface area contributed by atoms with Crippen LogP contribution in [0.3, 0.4) is 0 Å². The maximum Gasteiger partial charge on any atom is 0.306 e. The summed E-state index contributed by atoms with van der Waals surface area (Å²) in [5.41, 5.74) is 4.61. The van der Waals surface area contributed by atoms with E-state index < -0.39 is 12.8 Å². The Morgan fingerprint density at radius 3 is 2.62 bits per heavy atom. The van der Waals surface area contributed by atoms with Gasteiger partial charge in [0.05, 0.1) is 24.7 Å². The number of benzene rings is 1. The van der Waals surface area contributed by atoms with E-state index in [0.717, 1.165) is 93.9 Å². The van der Waals surface area contributed by atoms with Crippen LogP contribution in [0, 0.1) is 17.8 Å². The number of hydrogen-bond donors (Lipinski definition) is 3. The van der Waals surface area contributed by atoms with Gasteiger partial charge >= 0.3 is 5.97 Å². The number of anilines is 1. The fourth-order valence-electron chi connectivity index (χ4n) is 8.24. The molecule has 0 amide bonds. The van der Waals surface area contributed by atoms with Crippen LogP contribution in [-0.4, -0.2) is 61.4 Å². The van der Waals surface area contributed by atoms with E-state index in [1.165, 1.54) is 28.7 Å². The molecule has 4 atom stereocenters. The second-order valence-electron chi connectivity index (χ2n) is 14.2. The predicted octanol–water partition coefficient (Wildman–Crippen LogP) is 6.52. The number of carboxylic acids is 1. The van der Waals surface area contributed by atoms with Gasteiger partial charge in [-0.25, -0.2) is 19.0 Å². The third-order valence-corrected chi connectivity index (χ3v) is 10.9. The number of halogens is 1. The van der Waals surface area contributed by atoms with E-state index in [-0.39, 0.29) is 12.0 Å². The number of hydrogen-bond acceptors (Lipinski definition) is 7. The average molecular weight is 646 g/mol. The Labute approximate surface area is 278 Å². The molecule has 47 heavy (non-hydrogen) atoms. The molecule has 3 heterocycles. The first kappa shape index (κ1) is 33.5. The number of likely N-dealkylation sites (tertiary alicyclic amines) is 1. The number of nitrogens with one attached hydrogen (secondary N) is 2. The number of carbonyl (C=O) groups is 1. The van der Waals surface area contributed by atoms with Crippen molar-refractivity contribution in [3.8, 4) is 0 Å². The lowest BCUT2D eigenvalue weighted by Crippen LogP contribution is -2.39. The van der Waals surface area contributed by atoms with Gasteiger partial charge in [0, 0.05) is 42.1 Å². The van der Waals surface area contributed by atoms with E-state index in [2.05, 4.69) is 64.8 Å². The average Bonchev–Trinajstić information content (AvgIpc) is 3.58. The van der Waals surface area contributed by atoms with Crippen molar-refractivity contribution in [2.75, 3.05) is 25.0 Å². The van der Waals surface area contributed by atoms with Gasteiger partial charge in [-0.15, -0.1) is 0 Å². The molecule has 2 aromatic heterocycles. The number of carboxylic acid groups (broad SMARTS) is 1. The smallest absolute Gasteiger partial charge is 0.306 e. The van der Waals surface area contributed by atoms with Crippen molar-refractivity contribution < 1.29 is 14.3 Å². The van der Waals surface area contributed by atoms with Crippen LogP contribution in [0.15, 0.2) is 42.7 Å². The van der Waals surface area contributed by atoms with Gasteiger partial charge in [0.2, 0.25) is 0 Å². The second-order valence-corrected chi connectivity index (χ2v) is 14.2. The zero-order valence-electron chi connectivity index (χ0n) is 28.1. The van der Waals surface area contributed by atoms with Crippen molar-refractivity contribution in [2.24, 2.45) is 17.8 Å². The lowest BCUT2D eigenvalue weighted by Gasteiger charge is -2.35. The number of nitrogens with zero attached hydrogens (tertiary/aromatic N) is 5. The van der Waals surface area contributed by atoms with Crippen molar-refractivity contribution in [1.29, 1.82) is 0 Å². The second kappa shape index (κ2) is 15.7. The van der Waals surface area contributed by atoms with Crippen molar-refractivity contribution in [3.63, 3.8) is 0 Å². The summed E-state index contributed by atoms with van der Waals surface area (Å²) < 4.78 is 15.0. The molecule has 1 saturated carbocycles. The molecular weight excluding hydrogens is 593 g/mol. The first-order chi connectivity index (χ1) is 22.9. The Balaban J connectivity index is 1.26. The van der Waals surface area contributed by atoms with Gasteiger partial charge in [-0.1, -0.05) is 44.2 Å². The number of rotatable bonds is 13. The molecule has 9 nitrogen and oxygen atoms in total. The van der Waals surface area contributed by atoms with Crippen molar-refractivity contribution in [2.45, 2.75) is 109 Å². The molecule has 6 rings (SSSR count). The first-order valence-corrected chi connectivity index (χ1v) is 17.9. The standard InChI is InChI=1S/C37H52FN7O2/c1-3-32(27-11-13-28(14-12-27)37(46)47)39-20-35-41-33-16-15-29(26-9-5-4-6-10-26)18-31(33)36(43-35)42-34(30-19-40-45(22-30)24-38)23-44-17-7-8-25(2)21-44/h4-6,9-10,19,22,25,27-29,32,34,39H,3,7-8,11-18,20-21,23-24H2,1-2H3,(H,46,47)(H,41,42,43)/t25-,27?,28?,29+,32+,34-/m0/s1. The number of aromatic nitrogens is 4. The molecule has 0 bridgehead atoms. The summed E-state index contributed by atoms with van der Waals surface area (Å²) in [4.78, 5) is 24.4. The Hall–Kier alpha value is -3.37. The first-order valence-electron chi connectivity index (χ1n) is 17.9. The summed E-state index contributed by atoms with van der Waals surface area (Å²) in [5, 5.41) is 21.4. The number of alkyl halides is 1. The van der Waals surface area contributed by atoms with Gasteiger partial charge < -0.3 is 20.6 Å². The highest BCUT2D eigenvalue weighted by molar-refractivity contribution is 5.70. The quantitative estimate of drug-likeness (QED) is 0.193. The summed E-state index contributed by atoms with van der Waals surface area (Å²) in [6.45, 7) is 7.34. The largest absolute Gasteiger partial charge is 0.481 e. The van der Waals surface area contributed by atoms with E-state index in [0.29, 0.717) is 30.3 Å². The van der Waals surface area contributed by atoms with Crippen LogP contribution in [-0.2, 0) is 31.0 Å². The molecule has 0 radical (unpaired) electrons. The summed E-state index contributed by atoms with van der Waals surface area (Å²) in [5.74, 6) is 2.31. The molecule has 0 spiro atoms. The molecule has 2 aliphatic carbocycles. The highest BCUT2D eigenvalue weighted by Gasteiger charge is 2.31. The normalized spacial score (nSPS) is 24.7. The number of piperidine rings is 1. The van der Waals surface area contributed by atoms with Crippen molar-refractivity contribution in [3.05, 3.63) is 70.9 Å². The Morgan fingerprint density at radius 1 is 1.11 bits per heavy atom. The summed E-state index contributed by atoms with van der Waals surface area (Å²) in [7, 11) is 0. The molecule has 3 aromatic rings. The van der Waals surface area contributed by atoms with Gasteiger partial charge in [0.15, 0.2) is 6.80 Å². The Morgan fingerprint density at radius 2 is 1.91 bits per heavy atom. The number of fused-ring (bicyclic) bond motifs is 1. The van der Waals surface area contributed by atoms with Gasteiger partial charge in [0.1, 0.15) is 11.6 Å². The SMILES string of the molecule is CC[C@@H](NCc1nc2c(c(N[C@@H](CN3CCC[C@H](C)C3)c3cnn(CF)c3)n1)C[C@H](c1ccccc1)CC2)C1CCC(C(=O)O)CC1. The molecule has 1 saturated heterocycles. The topological polar surface area (TPSA) is 108 Å². The maximum atomic E-state index is 13.6. The Bertz CT molecular complexity index is 1460. The molecule has 2 fully saturated rings. The number of aliphatic carboxylic acids is 1. The fraction of sp³-hybridized carbons (Fsp3) is 0.622. The third-order valence-electron chi connectivity index (χ3n) is 10.9. The van der Waals surface area contributed by atoms with Crippen LogP contribution in [0.2, 0.25) is 0 Å². The number of aryl methyl sites for hydroxylation is 1. The van der Waals surface area contributed by atoms with Gasteiger partial charge in [0.25, 0.3) is 0 Å². The molecule has 254 valence electrons. The zero-order chi connectivity index (χ0) is 32.8. The van der Waals surface area contributed by atoms with Crippen LogP contribution in [0.25, 0.3) is 0 Å². The monoisotopic (exact) mass is 645 g/mol. The molecule has 10 heteroatoms. The summed E-state index contributed by atoms with van der Waals surface area (Å²) in [6.07, 6.45) is 13.2. The molecule has 3 N–H and O–H groups in total. The zero-order valence-corrected chi connectivity index (χ0v) is 28.1. The predicted molar refractivity (Wildman–Crippen MR) is 182 cm³/mol. The van der Waals surface area contributed by atoms with E-state index in [9.17, 15) is 14.3 Å². The third kappa shape index (κ3) is 8.38. The molecule has 1 aliphatic heterocycles. The highest BCUT2D eigenvalue weighted by Crippen LogP contribution is 2.37. The maximum absolute atomic E-state index is 13.6. The van der Waals surface area contributed by atoms with Gasteiger partial charge in [-0.2, -0.15) is 5.10 Å². The Kier molecular flexibility index (Phi) is 11.2. The lowest BCUT2D eigenvalue weighted by molar-refractivity contribution is -0.143. The van der Waals surface area contributed by atoms with Crippen molar-refractivity contribution in [1.82, 2.24) is 30.0 Å². The van der Waals surface area contributed by atoms with Crippen LogP contribution >= 0.6 is 0 Å². The minimum atomic E-state index is -0.661. The molecule has 1 aromatic carbocycles. The minimum Gasteiger partial charge on any atom is -0.481 e. The van der Waals surface area contributed by atoms with Crippen LogP contribution in [0.1, 0.15) is 105 Å². The molecule has 0 unspecified atom stereocenters. The summed E-state index contributed by atoms with van der Waals surface area (Å²) >= 11 is 0. The van der Waals surface area contributed by atoms with Gasteiger partial charge in [-0.3, -0.25) is 4.79 Å². The molecule has 3 aliphatic rings. The minimum absolute atomic E-state index is 0.0923. The fourth-order valence-corrected chi connectivity index (χ4v) is 8.24.